The molecule has 1 heterocycles. The highest BCUT2D eigenvalue weighted by atomic mass is 35.5. The van der Waals surface area contributed by atoms with E-state index in [1.807, 2.05) is 57.2 Å². The lowest BCUT2D eigenvalue weighted by molar-refractivity contribution is -0.111. The van der Waals surface area contributed by atoms with Gasteiger partial charge in [-0.1, -0.05) is 54.1 Å². The van der Waals surface area contributed by atoms with Crippen LogP contribution in [0.25, 0.3) is 38.4 Å². The van der Waals surface area contributed by atoms with Crippen LogP contribution in [0.4, 0.5) is 5.69 Å². The van der Waals surface area contributed by atoms with E-state index in [1.165, 1.54) is 10.8 Å². The van der Waals surface area contributed by atoms with E-state index in [0.29, 0.717) is 23.1 Å². The van der Waals surface area contributed by atoms with Crippen LogP contribution < -0.4 is 10.1 Å². The Morgan fingerprint density at radius 2 is 1.83 bits per heavy atom. The average molecular weight is 496 g/mol. The molecular formula is C31H26ClNO3. The molecule has 0 aliphatic carbocycles. The Balaban J connectivity index is 1.55. The highest BCUT2D eigenvalue weighted by Crippen LogP contribution is 2.38. The van der Waals surface area contributed by atoms with Crippen molar-refractivity contribution >= 4 is 50.5 Å². The molecule has 0 radical (unpaired) electrons. The van der Waals surface area contributed by atoms with Crippen molar-refractivity contribution in [2.45, 2.75) is 20.8 Å². The molecule has 0 saturated carbocycles. The number of hydrogen-bond acceptors (Lipinski definition) is 3. The van der Waals surface area contributed by atoms with E-state index in [1.54, 1.807) is 18.4 Å². The van der Waals surface area contributed by atoms with Gasteiger partial charge in [0.05, 0.1) is 12.9 Å². The fourth-order valence-electron chi connectivity index (χ4n) is 4.40. The second kappa shape index (κ2) is 9.92. The fourth-order valence-corrected chi connectivity index (χ4v) is 4.58. The van der Waals surface area contributed by atoms with Gasteiger partial charge in [0.1, 0.15) is 11.3 Å². The minimum absolute atomic E-state index is 0.234. The molecule has 0 unspecified atom stereocenters. The van der Waals surface area contributed by atoms with Gasteiger partial charge in [0.2, 0.25) is 5.91 Å². The molecule has 180 valence electrons. The molecule has 0 aliphatic heterocycles. The zero-order chi connectivity index (χ0) is 25.2. The van der Waals surface area contributed by atoms with Crippen molar-refractivity contribution in [2.24, 2.45) is 0 Å². The van der Waals surface area contributed by atoms with Crippen molar-refractivity contribution in [2.75, 3.05) is 11.9 Å². The van der Waals surface area contributed by atoms with Gasteiger partial charge < -0.3 is 14.5 Å². The first kappa shape index (κ1) is 23.7. The Morgan fingerprint density at radius 3 is 2.64 bits per heavy atom. The van der Waals surface area contributed by atoms with Gasteiger partial charge in [-0.15, -0.1) is 0 Å². The van der Waals surface area contributed by atoms with Crippen molar-refractivity contribution in [3.8, 4) is 16.9 Å². The summed E-state index contributed by atoms with van der Waals surface area (Å²) in [7, 11) is 0. The Labute approximate surface area is 215 Å². The summed E-state index contributed by atoms with van der Waals surface area (Å²) in [4.78, 5) is 12.9. The number of nitrogens with one attached hydrogen (secondary N) is 1. The van der Waals surface area contributed by atoms with Gasteiger partial charge in [0, 0.05) is 39.4 Å². The predicted octanol–water partition coefficient (Wildman–Crippen LogP) is 8.66. The number of fused-ring (bicyclic) bond motifs is 2. The van der Waals surface area contributed by atoms with Gasteiger partial charge in [0.25, 0.3) is 0 Å². The summed E-state index contributed by atoms with van der Waals surface area (Å²) in [5, 5.41) is 6.86. The number of hydrogen-bond donors (Lipinski definition) is 1. The van der Waals surface area contributed by atoms with Gasteiger partial charge in [0.15, 0.2) is 0 Å². The largest absolute Gasteiger partial charge is 0.493 e. The first-order chi connectivity index (χ1) is 17.4. The Kier molecular flexibility index (Phi) is 6.53. The van der Waals surface area contributed by atoms with E-state index in [2.05, 4.69) is 35.6 Å². The SMILES string of the molecule is CCOc1cc2occ(-c3ccc4ccccc4c3)c2cc1/C(C)=C/C(=O)Nc1cccc(Cl)c1C. The van der Waals surface area contributed by atoms with Crippen molar-refractivity contribution in [3.63, 3.8) is 0 Å². The summed E-state index contributed by atoms with van der Waals surface area (Å²) in [6.45, 7) is 6.22. The summed E-state index contributed by atoms with van der Waals surface area (Å²) in [5.41, 5.74) is 5.93. The number of carbonyl (C=O) groups excluding carboxylic acids is 1. The van der Waals surface area contributed by atoms with E-state index in [-0.39, 0.29) is 5.91 Å². The quantitative estimate of drug-likeness (QED) is 0.240. The first-order valence-corrected chi connectivity index (χ1v) is 12.2. The number of rotatable bonds is 6. The summed E-state index contributed by atoms with van der Waals surface area (Å²) in [6.07, 6.45) is 3.36. The molecular weight excluding hydrogens is 470 g/mol. The Bertz CT molecular complexity index is 1630. The van der Waals surface area contributed by atoms with Gasteiger partial charge >= 0.3 is 0 Å². The van der Waals surface area contributed by atoms with E-state index in [4.69, 9.17) is 20.8 Å². The van der Waals surface area contributed by atoms with E-state index < -0.39 is 0 Å². The molecule has 0 bridgehead atoms. The minimum atomic E-state index is -0.234. The molecule has 0 fully saturated rings. The number of ether oxygens (including phenoxy) is 1. The third-order valence-corrected chi connectivity index (χ3v) is 6.74. The fraction of sp³-hybridized carbons (Fsp3) is 0.129. The van der Waals surface area contributed by atoms with Gasteiger partial charge in [-0.05, 0) is 72.5 Å². The standard InChI is InChI=1S/C31H26ClNO3/c1-4-35-29-17-30-25(26(18-36-30)23-13-12-21-8-5-6-9-22(21)15-23)16-24(29)19(2)14-31(34)33-28-11-7-10-27(32)20(28)3/h5-18H,4H2,1-3H3,(H,33,34)/b19-14+. The number of carbonyl (C=O) groups is 1. The van der Waals surface area contributed by atoms with Crippen LogP contribution in [0.2, 0.25) is 5.02 Å². The summed E-state index contributed by atoms with van der Waals surface area (Å²) in [6, 6.07) is 24.1. The van der Waals surface area contributed by atoms with Gasteiger partial charge in [-0.25, -0.2) is 0 Å². The minimum Gasteiger partial charge on any atom is -0.493 e. The Hall–Kier alpha value is -4.02. The third-order valence-electron chi connectivity index (χ3n) is 6.33. The predicted molar refractivity (Wildman–Crippen MR) is 149 cm³/mol. The molecule has 5 heteroatoms. The maximum absolute atomic E-state index is 12.9. The maximum Gasteiger partial charge on any atom is 0.248 e. The normalized spacial score (nSPS) is 11.7. The number of furan rings is 1. The lowest BCUT2D eigenvalue weighted by Gasteiger charge is -2.12. The molecule has 0 saturated heterocycles. The lowest BCUT2D eigenvalue weighted by atomic mass is 9.97. The smallest absolute Gasteiger partial charge is 0.248 e. The molecule has 0 aliphatic rings. The number of anilines is 1. The van der Waals surface area contributed by atoms with Crippen LogP contribution in [-0.4, -0.2) is 12.5 Å². The highest BCUT2D eigenvalue weighted by molar-refractivity contribution is 6.31. The molecule has 5 rings (SSSR count). The monoisotopic (exact) mass is 495 g/mol. The molecule has 0 atom stereocenters. The van der Waals surface area contributed by atoms with Crippen LogP contribution in [0.1, 0.15) is 25.0 Å². The third kappa shape index (κ3) is 4.60. The topological polar surface area (TPSA) is 51.5 Å². The van der Waals surface area contributed by atoms with Crippen molar-refractivity contribution in [1.82, 2.24) is 0 Å². The molecule has 1 amide bonds. The van der Waals surface area contributed by atoms with Crippen LogP contribution in [0.15, 0.2) is 89.6 Å². The lowest BCUT2D eigenvalue weighted by Crippen LogP contribution is -2.10. The van der Waals surface area contributed by atoms with Crippen molar-refractivity contribution in [3.05, 3.63) is 101 Å². The second-order valence-corrected chi connectivity index (χ2v) is 9.13. The summed E-state index contributed by atoms with van der Waals surface area (Å²) in [5.74, 6) is 0.437. The molecule has 0 spiro atoms. The van der Waals surface area contributed by atoms with Gasteiger partial charge in [-0.2, -0.15) is 0 Å². The van der Waals surface area contributed by atoms with Crippen molar-refractivity contribution in [1.29, 1.82) is 0 Å². The van der Waals surface area contributed by atoms with Crippen molar-refractivity contribution < 1.29 is 13.9 Å². The average Bonchev–Trinajstić information content (AvgIpc) is 3.29. The maximum atomic E-state index is 12.9. The van der Waals surface area contributed by atoms with E-state index in [0.717, 1.165) is 38.8 Å². The highest BCUT2D eigenvalue weighted by Gasteiger charge is 2.16. The molecule has 4 aromatic carbocycles. The zero-order valence-corrected chi connectivity index (χ0v) is 21.1. The molecule has 4 nitrogen and oxygen atoms in total. The second-order valence-electron chi connectivity index (χ2n) is 8.72. The van der Waals surface area contributed by atoms with E-state index in [9.17, 15) is 4.79 Å². The Morgan fingerprint density at radius 1 is 1.03 bits per heavy atom. The number of halogens is 1. The summed E-state index contributed by atoms with van der Waals surface area (Å²) >= 11 is 6.20. The number of allylic oxidation sites excluding steroid dienone is 1. The molecule has 36 heavy (non-hydrogen) atoms. The van der Waals surface area contributed by atoms with Crippen LogP contribution in [-0.2, 0) is 4.79 Å². The molecule has 1 N–H and O–H groups in total. The number of amides is 1. The van der Waals surface area contributed by atoms with Crippen LogP contribution in [0, 0.1) is 6.92 Å². The molecule has 5 aromatic rings. The van der Waals surface area contributed by atoms with E-state index >= 15 is 0 Å². The first-order valence-electron chi connectivity index (χ1n) is 11.9. The van der Waals surface area contributed by atoms with Crippen LogP contribution in [0.5, 0.6) is 5.75 Å². The van der Waals surface area contributed by atoms with Crippen LogP contribution in [0.3, 0.4) is 0 Å². The molecule has 1 aromatic heterocycles. The number of benzene rings is 4. The van der Waals surface area contributed by atoms with Crippen LogP contribution >= 0.6 is 11.6 Å². The summed E-state index contributed by atoms with van der Waals surface area (Å²) < 4.78 is 11.9. The zero-order valence-electron chi connectivity index (χ0n) is 20.4. The van der Waals surface area contributed by atoms with Gasteiger partial charge in [-0.3, -0.25) is 4.79 Å².